The van der Waals surface area contributed by atoms with E-state index in [2.05, 4.69) is 17.9 Å². The van der Waals surface area contributed by atoms with E-state index in [4.69, 9.17) is 0 Å². The van der Waals surface area contributed by atoms with Gasteiger partial charge in [0.05, 0.1) is 6.07 Å². The van der Waals surface area contributed by atoms with Crippen LogP contribution in [-0.4, -0.2) is 48.9 Å². The minimum absolute atomic E-state index is 0.0717. The smallest absolute Gasteiger partial charge is 0.243 e. The Morgan fingerprint density at radius 2 is 2.12 bits per heavy atom. The van der Waals surface area contributed by atoms with E-state index in [0.29, 0.717) is 12.0 Å². The van der Waals surface area contributed by atoms with Gasteiger partial charge in [-0.15, -0.1) is 0 Å². The molecule has 4 heteroatoms. The Morgan fingerprint density at radius 1 is 1.47 bits per heavy atom. The first kappa shape index (κ1) is 12.4. The third-order valence-electron chi connectivity index (χ3n) is 4.20. The molecule has 0 N–H and O–H groups in total. The van der Waals surface area contributed by atoms with Crippen LogP contribution in [0.5, 0.6) is 0 Å². The van der Waals surface area contributed by atoms with E-state index in [1.54, 1.807) is 0 Å². The molecule has 2 fully saturated rings. The molecule has 0 aromatic carbocycles. The van der Waals surface area contributed by atoms with Crippen molar-refractivity contribution in [2.45, 2.75) is 32.2 Å². The van der Waals surface area contributed by atoms with Crippen LogP contribution in [0.15, 0.2) is 0 Å². The summed E-state index contributed by atoms with van der Waals surface area (Å²) in [7, 11) is 4.09. The zero-order chi connectivity index (χ0) is 12.6. The average molecular weight is 235 g/mol. The van der Waals surface area contributed by atoms with Gasteiger partial charge >= 0.3 is 0 Å². The maximum Gasteiger partial charge on any atom is 0.243 e. The summed E-state index contributed by atoms with van der Waals surface area (Å²) < 4.78 is 0. The maximum atomic E-state index is 12.4. The quantitative estimate of drug-likeness (QED) is 0.720. The van der Waals surface area contributed by atoms with Crippen LogP contribution in [0.25, 0.3) is 0 Å². The molecular weight excluding hydrogens is 214 g/mol. The van der Waals surface area contributed by atoms with Gasteiger partial charge in [0.15, 0.2) is 0 Å². The van der Waals surface area contributed by atoms with Crippen LogP contribution in [0.1, 0.15) is 26.2 Å². The molecule has 0 spiro atoms. The summed E-state index contributed by atoms with van der Waals surface area (Å²) in [6, 6.07) is 2.71. The van der Waals surface area contributed by atoms with Crippen molar-refractivity contribution in [3.63, 3.8) is 0 Å². The predicted octanol–water partition coefficient (Wildman–Crippen LogP) is 1.09. The molecular formula is C13H21N3O. The summed E-state index contributed by atoms with van der Waals surface area (Å²) in [5, 5.41) is 9.25. The SMILES string of the molecule is CC1CC(C#N)(C(=O)N2CCC(N(C)C)C2)C1. The number of amides is 1. The van der Waals surface area contributed by atoms with Gasteiger partial charge in [-0.2, -0.15) is 5.26 Å². The maximum absolute atomic E-state index is 12.4. The Morgan fingerprint density at radius 3 is 2.53 bits per heavy atom. The summed E-state index contributed by atoms with van der Waals surface area (Å²) in [6.45, 7) is 3.69. The second-order valence-corrected chi connectivity index (χ2v) is 5.86. The highest BCUT2D eigenvalue weighted by atomic mass is 16.2. The fourth-order valence-electron chi connectivity index (χ4n) is 3.09. The van der Waals surface area contributed by atoms with E-state index in [1.165, 1.54) is 0 Å². The minimum Gasteiger partial charge on any atom is -0.340 e. The number of hydrogen-bond donors (Lipinski definition) is 0. The van der Waals surface area contributed by atoms with Crippen LogP contribution in [0.3, 0.4) is 0 Å². The highest BCUT2D eigenvalue weighted by Crippen LogP contribution is 2.46. The van der Waals surface area contributed by atoms with Gasteiger partial charge in [0.2, 0.25) is 5.91 Å². The third-order valence-corrected chi connectivity index (χ3v) is 4.20. The lowest BCUT2D eigenvalue weighted by molar-refractivity contribution is -0.144. The summed E-state index contributed by atoms with van der Waals surface area (Å²) >= 11 is 0. The highest BCUT2D eigenvalue weighted by Gasteiger charge is 2.51. The van der Waals surface area contributed by atoms with Gasteiger partial charge in [-0.25, -0.2) is 0 Å². The highest BCUT2D eigenvalue weighted by molar-refractivity contribution is 5.86. The second-order valence-electron chi connectivity index (χ2n) is 5.86. The number of hydrogen-bond acceptors (Lipinski definition) is 3. The van der Waals surface area contributed by atoms with Crippen LogP contribution in [0, 0.1) is 22.7 Å². The normalized spacial score (nSPS) is 36.8. The first-order chi connectivity index (χ1) is 7.98. The summed E-state index contributed by atoms with van der Waals surface area (Å²) in [4.78, 5) is 16.4. The first-order valence-electron chi connectivity index (χ1n) is 6.35. The number of nitrogens with zero attached hydrogens (tertiary/aromatic N) is 3. The molecule has 1 heterocycles. The fraction of sp³-hybridized carbons (Fsp3) is 0.846. The van der Waals surface area contributed by atoms with E-state index in [-0.39, 0.29) is 5.91 Å². The van der Waals surface area contributed by atoms with Crippen LogP contribution in [0.2, 0.25) is 0 Å². The summed E-state index contributed by atoms with van der Waals surface area (Å²) in [5.74, 6) is 0.591. The Kier molecular flexibility index (Phi) is 3.13. The van der Waals surface area contributed by atoms with Crippen LogP contribution >= 0.6 is 0 Å². The monoisotopic (exact) mass is 235 g/mol. The number of nitriles is 1. The molecule has 94 valence electrons. The lowest BCUT2D eigenvalue weighted by Crippen LogP contribution is -2.49. The number of likely N-dealkylation sites (tertiary alicyclic amines) is 1. The van der Waals surface area contributed by atoms with E-state index in [1.807, 2.05) is 19.0 Å². The third kappa shape index (κ3) is 2.04. The van der Waals surface area contributed by atoms with E-state index in [0.717, 1.165) is 32.4 Å². The Labute approximate surface area is 103 Å². The zero-order valence-electron chi connectivity index (χ0n) is 10.9. The van der Waals surface area contributed by atoms with Gasteiger partial charge in [-0.3, -0.25) is 4.79 Å². The van der Waals surface area contributed by atoms with Crippen molar-refractivity contribution in [3.05, 3.63) is 0 Å². The van der Waals surface area contributed by atoms with Crippen molar-refractivity contribution < 1.29 is 4.79 Å². The molecule has 1 saturated heterocycles. The molecule has 0 radical (unpaired) electrons. The largest absolute Gasteiger partial charge is 0.340 e. The van der Waals surface area contributed by atoms with E-state index < -0.39 is 5.41 Å². The van der Waals surface area contributed by atoms with Crippen molar-refractivity contribution in [2.24, 2.45) is 11.3 Å². The first-order valence-corrected chi connectivity index (χ1v) is 6.35. The molecule has 0 aromatic heterocycles. The molecule has 2 aliphatic rings. The van der Waals surface area contributed by atoms with E-state index in [9.17, 15) is 10.1 Å². The summed E-state index contributed by atoms with van der Waals surface area (Å²) in [6.07, 6.45) is 2.51. The molecule has 1 unspecified atom stereocenters. The molecule has 1 aliphatic carbocycles. The molecule has 1 amide bonds. The molecule has 2 rings (SSSR count). The molecule has 4 nitrogen and oxygen atoms in total. The van der Waals surface area contributed by atoms with Crippen molar-refractivity contribution in [3.8, 4) is 6.07 Å². The number of rotatable bonds is 2. The van der Waals surface area contributed by atoms with Crippen LogP contribution in [-0.2, 0) is 4.79 Å². The van der Waals surface area contributed by atoms with Gasteiger partial charge in [-0.05, 0) is 39.3 Å². The van der Waals surface area contributed by atoms with Crippen LogP contribution in [0.4, 0.5) is 0 Å². The lowest BCUT2D eigenvalue weighted by Gasteiger charge is -2.41. The average Bonchev–Trinajstić information content (AvgIpc) is 2.72. The van der Waals surface area contributed by atoms with Gasteiger partial charge in [0.25, 0.3) is 0 Å². The molecule has 0 bridgehead atoms. The van der Waals surface area contributed by atoms with Crippen molar-refractivity contribution in [2.75, 3.05) is 27.2 Å². The van der Waals surface area contributed by atoms with Gasteiger partial charge < -0.3 is 9.80 Å². The molecule has 1 saturated carbocycles. The predicted molar refractivity (Wildman–Crippen MR) is 65.1 cm³/mol. The van der Waals surface area contributed by atoms with Crippen molar-refractivity contribution in [1.82, 2.24) is 9.80 Å². The topological polar surface area (TPSA) is 47.3 Å². The molecule has 17 heavy (non-hydrogen) atoms. The van der Waals surface area contributed by atoms with Crippen LogP contribution < -0.4 is 0 Å². The van der Waals surface area contributed by atoms with Crippen molar-refractivity contribution in [1.29, 1.82) is 5.26 Å². The standard InChI is InChI=1S/C13H21N3O/c1-10-6-13(7-10,9-14)12(17)16-5-4-11(8-16)15(2)3/h10-11H,4-8H2,1-3H3. The Bertz CT molecular complexity index is 352. The number of likely N-dealkylation sites (N-methyl/N-ethyl adjacent to an activating group) is 1. The minimum atomic E-state index is -0.694. The van der Waals surface area contributed by atoms with E-state index >= 15 is 0 Å². The Balaban J connectivity index is 2.00. The lowest BCUT2D eigenvalue weighted by atomic mass is 9.63. The molecule has 1 atom stereocenters. The molecule has 0 aromatic rings. The zero-order valence-corrected chi connectivity index (χ0v) is 10.9. The Hall–Kier alpha value is -1.08. The van der Waals surface area contributed by atoms with Gasteiger partial charge in [0, 0.05) is 19.1 Å². The van der Waals surface area contributed by atoms with Gasteiger partial charge in [-0.1, -0.05) is 6.92 Å². The number of carbonyl (C=O) groups is 1. The van der Waals surface area contributed by atoms with Crippen molar-refractivity contribution >= 4 is 5.91 Å². The summed E-state index contributed by atoms with van der Waals surface area (Å²) in [5.41, 5.74) is -0.694. The second kappa shape index (κ2) is 4.30. The fourth-order valence-corrected chi connectivity index (χ4v) is 3.09. The number of carbonyl (C=O) groups excluding carboxylic acids is 1. The van der Waals surface area contributed by atoms with Gasteiger partial charge in [0.1, 0.15) is 5.41 Å². The molecule has 1 aliphatic heterocycles.